The second kappa shape index (κ2) is 8.55. The molecule has 0 aliphatic heterocycles. The van der Waals surface area contributed by atoms with Crippen LogP contribution >= 0.6 is 11.6 Å². The van der Waals surface area contributed by atoms with E-state index >= 15 is 0 Å². The molecule has 2 rings (SSSR count). The van der Waals surface area contributed by atoms with E-state index in [0.717, 1.165) is 29.9 Å². The molecule has 4 heteroatoms. The zero-order valence-electron chi connectivity index (χ0n) is 11.9. The lowest BCUT2D eigenvalue weighted by Crippen LogP contribution is -2.08. The molecule has 21 heavy (non-hydrogen) atoms. The van der Waals surface area contributed by atoms with E-state index in [1.165, 1.54) is 0 Å². The van der Waals surface area contributed by atoms with E-state index in [0.29, 0.717) is 24.8 Å². The van der Waals surface area contributed by atoms with Crippen molar-refractivity contribution in [1.29, 1.82) is 0 Å². The highest BCUT2D eigenvalue weighted by Gasteiger charge is 2.07. The van der Waals surface area contributed by atoms with E-state index in [2.05, 4.69) is 0 Å². The van der Waals surface area contributed by atoms with E-state index in [1.54, 1.807) is 0 Å². The van der Waals surface area contributed by atoms with Gasteiger partial charge in [0.1, 0.15) is 11.5 Å². The summed E-state index contributed by atoms with van der Waals surface area (Å²) in [5.41, 5.74) is 6.58. The van der Waals surface area contributed by atoms with Crippen LogP contribution in [-0.4, -0.2) is 19.8 Å². The zero-order chi connectivity index (χ0) is 14.9. The highest BCUT2D eigenvalue weighted by Crippen LogP contribution is 2.26. The van der Waals surface area contributed by atoms with Crippen LogP contribution < -0.4 is 15.2 Å². The van der Waals surface area contributed by atoms with Crippen molar-refractivity contribution in [3.63, 3.8) is 0 Å². The molecule has 0 aromatic heterocycles. The fourth-order valence-corrected chi connectivity index (χ4v) is 2.27. The molecular formula is C17H20ClNO2. The second-order valence-electron chi connectivity index (χ2n) is 4.62. The summed E-state index contributed by atoms with van der Waals surface area (Å²) in [4.78, 5) is 0. The minimum atomic E-state index is 0.553. The van der Waals surface area contributed by atoms with E-state index in [9.17, 15) is 0 Å². The van der Waals surface area contributed by atoms with Gasteiger partial charge >= 0.3 is 0 Å². The molecular weight excluding hydrogens is 286 g/mol. The molecule has 0 saturated heterocycles. The molecule has 0 spiro atoms. The Bertz CT molecular complexity index is 546. The SMILES string of the molecule is NCCc1c(Cl)cccc1OCCCOc1ccccc1. The number of nitrogens with two attached hydrogens (primary N) is 1. The Morgan fingerprint density at radius 1 is 0.905 bits per heavy atom. The number of ether oxygens (including phenoxy) is 2. The van der Waals surface area contributed by atoms with Gasteiger partial charge in [0.2, 0.25) is 0 Å². The highest BCUT2D eigenvalue weighted by atomic mass is 35.5. The van der Waals surface area contributed by atoms with Crippen molar-refractivity contribution in [2.45, 2.75) is 12.8 Å². The number of hydrogen-bond acceptors (Lipinski definition) is 3. The number of halogens is 1. The normalized spacial score (nSPS) is 10.4. The van der Waals surface area contributed by atoms with Crippen molar-refractivity contribution in [3.05, 3.63) is 59.1 Å². The standard InChI is InChI=1S/C17H20ClNO2/c18-16-8-4-9-17(15(16)10-11-19)21-13-5-12-20-14-6-2-1-3-7-14/h1-4,6-9H,5,10-13,19H2. The highest BCUT2D eigenvalue weighted by molar-refractivity contribution is 6.31. The van der Waals surface area contributed by atoms with E-state index < -0.39 is 0 Å². The molecule has 0 saturated carbocycles. The molecule has 112 valence electrons. The maximum atomic E-state index is 6.17. The van der Waals surface area contributed by atoms with Crippen molar-refractivity contribution < 1.29 is 9.47 Å². The number of rotatable bonds is 8. The summed E-state index contributed by atoms with van der Waals surface area (Å²) in [6, 6.07) is 15.4. The summed E-state index contributed by atoms with van der Waals surface area (Å²) >= 11 is 6.17. The summed E-state index contributed by atoms with van der Waals surface area (Å²) in [5, 5.41) is 0.707. The van der Waals surface area contributed by atoms with Gasteiger partial charge < -0.3 is 15.2 Å². The Labute approximate surface area is 130 Å². The number of benzene rings is 2. The molecule has 2 N–H and O–H groups in total. The van der Waals surface area contributed by atoms with Crippen LogP contribution in [0.5, 0.6) is 11.5 Å². The van der Waals surface area contributed by atoms with Crippen LogP contribution in [0.1, 0.15) is 12.0 Å². The molecule has 0 bridgehead atoms. The fourth-order valence-electron chi connectivity index (χ4n) is 2.01. The molecule has 0 fully saturated rings. The third kappa shape index (κ3) is 4.96. The maximum Gasteiger partial charge on any atom is 0.124 e. The Morgan fingerprint density at radius 2 is 1.67 bits per heavy atom. The topological polar surface area (TPSA) is 44.5 Å². The van der Waals surface area contributed by atoms with Crippen LogP contribution in [0.4, 0.5) is 0 Å². The van der Waals surface area contributed by atoms with Crippen LogP contribution in [-0.2, 0) is 6.42 Å². The minimum Gasteiger partial charge on any atom is -0.493 e. The van der Waals surface area contributed by atoms with Crippen molar-refractivity contribution in [2.75, 3.05) is 19.8 Å². The number of para-hydroxylation sites is 1. The average Bonchev–Trinajstić information content (AvgIpc) is 2.51. The maximum absolute atomic E-state index is 6.17. The van der Waals surface area contributed by atoms with Crippen molar-refractivity contribution in [2.24, 2.45) is 5.73 Å². The Balaban J connectivity index is 1.77. The predicted molar refractivity (Wildman–Crippen MR) is 86.3 cm³/mol. The summed E-state index contributed by atoms with van der Waals surface area (Å²) in [6.07, 6.45) is 1.53. The lowest BCUT2D eigenvalue weighted by molar-refractivity contribution is 0.246. The zero-order valence-corrected chi connectivity index (χ0v) is 12.7. The molecule has 0 radical (unpaired) electrons. The van der Waals surface area contributed by atoms with Crippen LogP contribution in [0.25, 0.3) is 0 Å². The first kappa shape index (κ1) is 15.7. The van der Waals surface area contributed by atoms with Gasteiger partial charge in [0.15, 0.2) is 0 Å². The first-order chi connectivity index (χ1) is 10.3. The van der Waals surface area contributed by atoms with Gasteiger partial charge in [-0.15, -0.1) is 0 Å². The third-order valence-corrected chi connectivity index (χ3v) is 3.38. The smallest absolute Gasteiger partial charge is 0.124 e. The Hall–Kier alpha value is -1.71. The monoisotopic (exact) mass is 305 g/mol. The van der Waals surface area contributed by atoms with Gasteiger partial charge in [-0.1, -0.05) is 35.9 Å². The third-order valence-electron chi connectivity index (χ3n) is 3.03. The largest absolute Gasteiger partial charge is 0.493 e. The van der Waals surface area contributed by atoms with E-state index in [-0.39, 0.29) is 0 Å². The van der Waals surface area contributed by atoms with E-state index in [4.69, 9.17) is 26.8 Å². The van der Waals surface area contributed by atoms with Gasteiger partial charge in [-0.05, 0) is 37.2 Å². The van der Waals surface area contributed by atoms with Crippen LogP contribution in [0.15, 0.2) is 48.5 Å². The number of hydrogen-bond donors (Lipinski definition) is 1. The van der Waals surface area contributed by atoms with Gasteiger partial charge in [0.25, 0.3) is 0 Å². The first-order valence-corrected chi connectivity index (χ1v) is 7.47. The molecule has 2 aromatic carbocycles. The summed E-state index contributed by atoms with van der Waals surface area (Å²) in [7, 11) is 0. The van der Waals surface area contributed by atoms with Gasteiger partial charge in [-0.3, -0.25) is 0 Å². The molecule has 3 nitrogen and oxygen atoms in total. The summed E-state index contributed by atoms with van der Waals surface area (Å²) < 4.78 is 11.4. The Kier molecular flexibility index (Phi) is 6.38. The molecule has 0 unspecified atom stereocenters. The lowest BCUT2D eigenvalue weighted by atomic mass is 10.1. The van der Waals surface area contributed by atoms with Gasteiger partial charge in [-0.25, -0.2) is 0 Å². The van der Waals surface area contributed by atoms with Gasteiger partial charge in [0.05, 0.1) is 13.2 Å². The van der Waals surface area contributed by atoms with Crippen molar-refractivity contribution in [3.8, 4) is 11.5 Å². The van der Waals surface area contributed by atoms with Crippen molar-refractivity contribution >= 4 is 11.6 Å². The molecule has 2 aromatic rings. The minimum absolute atomic E-state index is 0.553. The quantitative estimate of drug-likeness (QED) is 0.757. The van der Waals surface area contributed by atoms with Crippen molar-refractivity contribution in [1.82, 2.24) is 0 Å². The molecule has 0 aliphatic rings. The Morgan fingerprint density at radius 3 is 2.43 bits per heavy atom. The van der Waals surface area contributed by atoms with Crippen LogP contribution in [0, 0.1) is 0 Å². The predicted octanol–water partition coefficient (Wildman–Crippen LogP) is 3.69. The van der Waals surface area contributed by atoms with E-state index in [1.807, 2.05) is 48.5 Å². The van der Waals surface area contributed by atoms with Gasteiger partial charge in [-0.2, -0.15) is 0 Å². The summed E-state index contributed by atoms with van der Waals surface area (Å²) in [5.74, 6) is 1.69. The molecule has 0 atom stereocenters. The molecule has 0 heterocycles. The summed E-state index contributed by atoms with van der Waals surface area (Å²) in [6.45, 7) is 1.76. The molecule has 0 aliphatic carbocycles. The first-order valence-electron chi connectivity index (χ1n) is 7.09. The fraction of sp³-hybridized carbons (Fsp3) is 0.294. The van der Waals surface area contributed by atoms with Gasteiger partial charge in [0, 0.05) is 17.0 Å². The second-order valence-corrected chi connectivity index (χ2v) is 5.03. The lowest BCUT2D eigenvalue weighted by Gasteiger charge is -2.12. The van der Waals surface area contributed by atoms with Crippen LogP contribution in [0.3, 0.4) is 0 Å². The molecule has 0 amide bonds. The van der Waals surface area contributed by atoms with Crippen LogP contribution in [0.2, 0.25) is 5.02 Å². The average molecular weight is 306 g/mol.